The summed E-state index contributed by atoms with van der Waals surface area (Å²) < 4.78 is 5.28. The van der Waals surface area contributed by atoms with Crippen molar-refractivity contribution in [1.29, 1.82) is 0 Å². The van der Waals surface area contributed by atoms with Gasteiger partial charge in [0.25, 0.3) is 0 Å². The van der Waals surface area contributed by atoms with Crippen LogP contribution in [-0.2, 0) is 6.54 Å². The highest BCUT2D eigenvalue weighted by molar-refractivity contribution is 5.56. The Hall–Kier alpha value is -1.68. The highest BCUT2D eigenvalue weighted by Gasteiger charge is 2.08. The summed E-state index contributed by atoms with van der Waals surface area (Å²) in [6.45, 7) is 8.05. The van der Waals surface area contributed by atoms with Crippen LogP contribution < -0.4 is 5.32 Å². The second kappa shape index (κ2) is 5.78. The third kappa shape index (κ3) is 3.17. The Labute approximate surface area is 107 Å². The van der Waals surface area contributed by atoms with Gasteiger partial charge in [-0.3, -0.25) is 0 Å². The molecule has 2 rings (SSSR count). The summed E-state index contributed by atoms with van der Waals surface area (Å²) in [6.07, 6.45) is 3.46. The van der Waals surface area contributed by atoms with E-state index in [1.165, 1.54) is 0 Å². The third-order valence-electron chi connectivity index (χ3n) is 2.67. The number of nitrogens with zero attached hydrogens (tertiary/aromatic N) is 2. The molecule has 4 nitrogen and oxygen atoms in total. The molecule has 2 heterocycles. The van der Waals surface area contributed by atoms with E-state index in [1.807, 2.05) is 19.1 Å². The minimum atomic E-state index is 0.641. The van der Waals surface area contributed by atoms with Crippen LogP contribution in [0.15, 0.2) is 29.0 Å². The van der Waals surface area contributed by atoms with Gasteiger partial charge in [-0.25, -0.2) is 9.97 Å². The van der Waals surface area contributed by atoms with Crippen molar-refractivity contribution in [1.82, 2.24) is 15.3 Å². The zero-order valence-corrected chi connectivity index (χ0v) is 11.1. The van der Waals surface area contributed by atoms with Crippen LogP contribution in [0.3, 0.4) is 0 Å². The predicted octanol–water partition coefficient (Wildman–Crippen LogP) is 2.79. The van der Waals surface area contributed by atoms with Gasteiger partial charge in [0, 0.05) is 12.7 Å². The Bertz CT molecular complexity index is 505. The van der Waals surface area contributed by atoms with E-state index in [2.05, 4.69) is 29.1 Å². The smallest absolute Gasteiger partial charge is 0.162 e. The van der Waals surface area contributed by atoms with Crippen molar-refractivity contribution >= 4 is 0 Å². The van der Waals surface area contributed by atoms with Gasteiger partial charge in [0.05, 0.1) is 17.5 Å². The van der Waals surface area contributed by atoms with E-state index in [9.17, 15) is 0 Å². The summed E-state index contributed by atoms with van der Waals surface area (Å²) in [5, 5.41) is 3.37. The number of furan rings is 1. The maximum absolute atomic E-state index is 5.28. The van der Waals surface area contributed by atoms with E-state index in [-0.39, 0.29) is 0 Å². The van der Waals surface area contributed by atoms with Gasteiger partial charge in [-0.1, -0.05) is 13.8 Å². The molecule has 4 heteroatoms. The fourth-order valence-electron chi connectivity index (χ4n) is 1.73. The summed E-state index contributed by atoms with van der Waals surface area (Å²) in [6, 6.07) is 3.84. The highest BCUT2D eigenvalue weighted by Crippen LogP contribution is 2.20. The Morgan fingerprint density at radius 1 is 1.33 bits per heavy atom. The molecule has 0 aromatic carbocycles. The van der Waals surface area contributed by atoms with Gasteiger partial charge < -0.3 is 9.73 Å². The lowest BCUT2D eigenvalue weighted by Crippen LogP contribution is -2.19. The number of hydrogen-bond acceptors (Lipinski definition) is 4. The largest absolute Gasteiger partial charge is 0.469 e. The van der Waals surface area contributed by atoms with Crippen LogP contribution in [0.5, 0.6) is 0 Å². The molecule has 0 atom stereocenters. The van der Waals surface area contributed by atoms with Crippen LogP contribution in [-0.4, -0.2) is 16.5 Å². The summed E-state index contributed by atoms with van der Waals surface area (Å²) >= 11 is 0. The number of nitrogens with one attached hydrogen (secondary N) is 1. The minimum absolute atomic E-state index is 0.641. The van der Waals surface area contributed by atoms with E-state index in [1.54, 1.807) is 12.5 Å². The molecule has 0 aliphatic heterocycles. The van der Waals surface area contributed by atoms with Crippen molar-refractivity contribution in [3.05, 3.63) is 36.0 Å². The molecule has 0 aliphatic carbocycles. The Balaban J connectivity index is 2.08. The number of aryl methyl sites for hydroxylation is 1. The van der Waals surface area contributed by atoms with Crippen molar-refractivity contribution < 1.29 is 4.42 Å². The van der Waals surface area contributed by atoms with Crippen molar-refractivity contribution in [2.45, 2.75) is 27.3 Å². The van der Waals surface area contributed by atoms with Crippen LogP contribution >= 0.6 is 0 Å². The van der Waals surface area contributed by atoms with Gasteiger partial charge in [-0.05, 0) is 31.5 Å². The zero-order chi connectivity index (χ0) is 13.0. The lowest BCUT2D eigenvalue weighted by molar-refractivity contribution is 0.535. The molecule has 0 fully saturated rings. The average Bonchev–Trinajstić information content (AvgIpc) is 2.75. The molecule has 96 valence electrons. The van der Waals surface area contributed by atoms with Crippen LogP contribution in [0.1, 0.15) is 25.3 Å². The first-order valence-electron chi connectivity index (χ1n) is 6.24. The Morgan fingerprint density at radius 3 is 2.83 bits per heavy atom. The van der Waals surface area contributed by atoms with E-state index in [4.69, 9.17) is 4.42 Å². The second-order valence-corrected chi connectivity index (χ2v) is 4.79. The zero-order valence-electron chi connectivity index (χ0n) is 11.1. The Morgan fingerprint density at radius 2 is 2.17 bits per heavy atom. The number of aromatic nitrogens is 2. The maximum Gasteiger partial charge on any atom is 0.162 e. The monoisotopic (exact) mass is 245 g/mol. The molecular weight excluding hydrogens is 226 g/mol. The molecule has 0 saturated heterocycles. The van der Waals surface area contributed by atoms with E-state index in [0.717, 1.165) is 35.9 Å². The summed E-state index contributed by atoms with van der Waals surface area (Å²) in [5.41, 5.74) is 1.96. The first kappa shape index (κ1) is 12.8. The highest BCUT2D eigenvalue weighted by atomic mass is 16.3. The van der Waals surface area contributed by atoms with Crippen LogP contribution in [0.2, 0.25) is 0 Å². The third-order valence-corrected chi connectivity index (χ3v) is 2.67. The van der Waals surface area contributed by atoms with Gasteiger partial charge in [-0.15, -0.1) is 0 Å². The Kier molecular flexibility index (Phi) is 4.10. The molecule has 18 heavy (non-hydrogen) atoms. The molecule has 2 aromatic heterocycles. The molecule has 0 spiro atoms. The van der Waals surface area contributed by atoms with Gasteiger partial charge in [0.15, 0.2) is 5.82 Å². The topological polar surface area (TPSA) is 51.0 Å². The van der Waals surface area contributed by atoms with Crippen molar-refractivity contribution in [2.75, 3.05) is 6.54 Å². The van der Waals surface area contributed by atoms with E-state index < -0.39 is 0 Å². The normalized spacial score (nSPS) is 11.1. The maximum atomic E-state index is 5.28. The van der Waals surface area contributed by atoms with E-state index in [0.29, 0.717) is 5.92 Å². The minimum Gasteiger partial charge on any atom is -0.469 e. The summed E-state index contributed by atoms with van der Waals surface area (Å²) in [7, 11) is 0. The van der Waals surface area contributed by atoms with Gasteiger partial charge >= 0.3 is 0 Å². The fourth-order valence-corrected chi connectivity index (χ4v) is 1.73. The quantitative estimate of drug-likeness (QED) is 0.880. The summed E-state index contributed by atoms with van der Waals surface area (Å²) in [5.74, 6) is 2.22. The lowest BCUT2D eigenvalue weighted by atomic mass is 10.2. The van der Waals surface area contributed by atoms with Crippen LogP contribution in [0.25, 0.3) is 11.4 Å². The molecular formula is C14H19N3O. The van der Waals surface area contributed by atoms with Crippen LogP contribution in [0.4, 0.5) is 0 Å². The van der Waals surface area contributed by atoms with Crippen molar-refractivity contribution in [2.24, 2.45) is 5.92 Å². The molecule has 0 aliphatic rings. The van der Waals surface area contributed by atoms with E-state index >= 15 is 0 Å². The summed E-state index contributed by atoms with van der Waals surface area (Å²) in [4.78, 5) is 8.83. The number of hydrogen-bond donors (Lipinski definition) is 1. The molecule has 0 amide bonds. The van der Waals surface area contributed by atoms with Gasteiger partial charge in [0.1, 0.15) is 5.76 Å². The first-order chi connectivity index (χ1) is 8.66. The molecule has 1 N–H and O–H groups in total. The fraction of sp³-hybridized carbons (Fsp3) is 0.429. The first-order valence-corrected chi connectivity index (χ1v) is 6.24. The molecule has 0 unspecified atom stereocenters. The molecule has 2 aromatic rings. The second-order valence-electron chi connectivity index (χ2n) is 4.79. The number of rotatable bonds is 5. The molecule has 0 bridgehead atoms. The predicted molar refractivity (Wildman–Crippen MR) is 71.0 cm³/mol. The molecule has 0 saturated carbocycles. The van der Waals surface area contributed by atoms with Gasteiger partial charge in [-0.2, -0.15) is 0 Å². The lowest BCUT2D eigenvalue weighted by Gasteiger charge is -2.07. The molecule has 0 radical (unpaired) electrons. The van der Waals surface area contributed by atoms with Crippen molar-refractivity contribution in [3.63, 3.8) is 0 Å². The average molecular weight is 245 g/mol. The van der Waals surface area contributed by atoms with Gasteiger partial charge in [0.2, 0.25) is 0 Å². The van der Waals surface area contributed by atoms with Crippen LogP contribution in [0, 0.1) is 12.8 Å². The SMILES string of the molecule is Cc1occc1-c1nccc(CNCC(C)C)n1. The van der Waals surface area contributed by atoms with Crippen molar-refractivity contribution in [3.8, 4) is 11.4 Å². The standard InChI is InChI=1S/C14H19N3O/c1-10(2)8-15-9-12-4-6-16-14(17-12)13-5-7-18-11(13)3/h4-7,10,15H,8-9H2,1-3H3.